The van der Waals surface area contributed by atoms with Crippen molar-refractivity contribution in [2.24, 2.45) is 0 Å². The van der Waals surface area contributed by atoms with Crippen LogP contribution in [0.1, 0.15) is 48.5 Å². The number of fused-ring (bicyclic) bond motifs is 4. The van der Waals surface area contributed by atoms with Crippen molar-refractivity contribution < 1.29 is 48.8 Å². The van der Waals surface area contributed by atoms with Crippen LogP contribution in [0.5, 0.6) is 0 Å². The molecule has 121 heavy (non-hydrogen) atoms. The summed E-state index contributed by atoms with van der Waals surface area (Å²) in [5, 5.41) is 20.9. The van der Waals surface area contributed by atoms with Crippen molar-refractivity contribution in [3.05, 3.63) is 155 Å². The lowest BCUT2D eigenvalue weighted by molar-refractivity contribution is 0.00578. The molecule has 29 nitrogen and oxygen atoms in total. The Labute approximate surface area is 738 Å². The maximum Gasteiger partial charge on any atom is 0.495 e. The summed E-state index contributed by atoms with van der Waals surface area (Å²) in [4.78, 5) is 24.0. The fraction of sp³-hybridized carbons (Fsp3) is 0.500. The number of rotatable bonds is 29. The number of nitrogens with zero attached hydrogens (tertiary/aromatic N) is 16. The van der Waals surface area contributed by atoms with Crippen LogP contribution in [-0.4, -0.2) is 237 Å². The van der Waals surface area contributed by atoms with E-state index < -0.39 is 65.4 Å². The third-order valence-electron chi connectivity index (χ3n) is 22.1. The summed E-state index contributed by atoms with van der Waals surface area (Å²) in [6, 6.07) is 19.2. The summed E-state index contributed by atoms with van der Waals surface area (Å²) in [6.07, 6.45) is 21.7. The number of H-pyrrole nitrogens is 2. The monoisotopic (exact) mass is 1860 g/mol. The van der Waals surface area contributed by atoms with Gasteiger partial charge < -0.3 is 42.2 Å². The van der Waals surface area contributed by atoms with Crippen LogP contribution in [0.15, 0.2) is 128 Å². The number of hydrogen-bond donors (Lipinski definition) is 2. The summed E-state index contributed by atoms with van der Waals surface area (Å²) in [6.45, 7) is 46.6. The third-order valence-corrected chi connectivity index (χ3v) is 34.4. The number of alkyl halides is 2. The molecule has 0 radical (unpaired) electrons. The molecule has 654 valence electrons. The van der Waals surface area contributed by atoms with Crippen LogP contribution in [0, 0.1) is 6.57 Å². The lowest BCUT2D eigenvalue weighted by Gasteiger charge is -2.47. The van der Waals surface area contributed by atoms with Crippen LogP contribution in [0.25, 0.3) is 82.4 Å². The zero-order chi connectivity index (χ0) is 88.1. The van der Waals surface area contributed by atoms with E-state index in [1.165, 1.54) is 25.2 Å². The number of sulfonamides is 3. The van der Waals surface area contributed by atoms with Gasteiger partial charge in [-0.2, -0.15) is 28.2 Å². The van der Waals surface area contributed by atoms with Gasteiger partial charge in [0, 0.05) is 184 Å². The predicted molar refractivity (Wildman–Crippen MR) is 494 cm³/mol. The van der Waals surface area contributed by atoms with E-state index in [1.54, 1.807) is 54.9 Å². The molecule has 0 amide bonds. The van der Waals surface area contributed by atoms with Gasteiger partial charge in [-0.3, -0.25) is 14.5 Å². The van der Waals surface area contributed by atoms with E-state index in [2.05, 4.69) is 143 Å². The molecule has 4 aliphatic rings. The average Bonchev–Trinajstić information content (AvgIpc) is 1.68. The Morgan fingerprint density at radius 1 is 0.529 bits per heavy atom. The van der Waals surface area contributed by atoms with Gasteiger partial charge in [0.25, 0.3) is 0 Å². The highest BCUT2D eigenvalue weighted by Gasteiger charge is 2.53. The Bertz CT molecular complexity index is 5860. The first kappa shape index (κ1) is 95.0. The van der Waals surface area contributed by atoms with Gasteiger partial charge in [-0.05, 0) is 143 Å². The summed E-state index contributed by atoms with van der Waals surface area (Å²) >= 11 is 31.6. The number of aromatic nitrogens is 14. The minimum atomic E-state index is -3.27. The fourth-order valence-electron chi connectivity index (χ4n) is 13.6. The normalized spacial score (nSPS) is 16.8. The van der Waals surface area contributed by atoms with Gasteiger partial charge in [0.15, 0.2) is 16.5 Å². The van der Waals surface area contributed by atoms with Gasteiger partial charge in [0.1, 0.15) is 59.0 Å². The second kappa shape index (κ2) is 38.6. The first-order chi connectivity index (χ1) is 56.9. The molecular formula is C80H110BCl5N18O11S3Si3. The van der Waals surface area contributed by atoms with E-state index in [4.69, 9.17) is 88.1 Å². The molecule has 15 heterocycles. The molecule has 0 aliphatic carbocycles. The largest absolute Gasteiger partial charge is 0.495 e. The van der Waals surface area contributed by atoms with Crippen LogP contribution >= 0.6 is 58.0 Å². The van der Waals surface area contributed by atoms with Crippen LogP contribution in [0.4, 0.5) is 0 Å². The van der Waals surface area contributed by atoms with E-state index in [-0.39, 0.29) is 60.4 Å². The minimum absolute atomic E-state index is 0.0598. The number of halogens is 5. The van der Waals surface area contributed by atoms with Crippen LogP contribution < -0.4 is 5.46 Å². The van der Waals surface area contributed by atoms with Crippen molar-refractivity contribution in [3.63, 3.8) is 0 Å². The molecule has 0 spiro atoms. The maximum absolute atomic E-state index is 12.2. The SMILES string of the molecule is CC1(C)OB(c2ccnc3c2ccn3COCC[Si](C)(C)C)OC1(C)C.CCS(=O)(=O)N1CC(CCl)(n2cc(-c3ccnc4[nH]ccc34)c(Cl)n2)C1.CCS(=O)(=O)N1CC(CCl)(n2cc(-c3ccnc4c3ccn4COCC[Si](C)(C)C)c(Cl)n2)C1.C[Si](C)(C)CCOCn1ccc2c(-c3cn[nH]c3Cl)ccnc21.[C-]#[N+]C=C1CN(S(=O)(=O)CC)C1. The number of aromatic amines is 2. The Hall–Kier alpha value is -6.68. The molecule has 15 rings (SSSR count). The molecule has 0 aromatic carbocycles. The number of ether oxygens (including phenoxy) is 3. The van der Waals surface area contributed by atoms with Crippen molar-refractivity contribution in [2.45, 2.75) is 168 Å². The molecule has 4 saturated heterocycles. The van der Waals surface area contributed by atoms with Gasteiger partial charge in [0.2, 0.25) is 30.1 Å². The summed E-state index contributed by atoms with van der Waals surface area (Å²) < 4.78 is 115. The zero-order valence-corrected chi connectivity index (χ0v) is 80.8. The molecule has 4 fully saturated rings. The van der Waals surface area contributed by atoms with Crippen molar-refractivity contribution in [2.75, 3.05) is 88.1 Å². The summed E-state index contributed by atoms with van der Waals surface area (Å²) in [5.74, 6) is 0.745. The highest BCUT2D eigenvalue weighted by molar-refractivity contribution is 7.89. The van der Waals surface area contributed by atoms with Gasteiger partial charge in [-0.15, -0.1) is 23.2 Å². The highest BCUT2D eigenvalue weighted by Crippen LogP contribution is 2.42. The third kappa shape index (κ3) is 22.2. The lowest BCUT2D eigenvalue weighted by atomic mass is 9.78. The molecular weight excluding hydrogens is 1760 g/mol. The second-order valence-corrected chi connectivity index (χ2v) is 60.5. The highest BCUT2D eigenvalue weighted by atomic mass is 35.5. The van der Waals surface area contributed by atoms with Crippen molar-refractivity contribution >= 4 is 169 Å². The first-order valence-corrected chi connectivity index (χ1v) is 58.2. The zero-order valence-electron chi connectivity index (χ0n) is 71.5. The average molecular weight is 1870 g/mol. The smallest absolute Gasteiger partial charge is 0.399 e. The topological polar surface area (TPSA) is 309 Å². The fourth-order valence-corrected chi connectivity index (χ4v) is 20.7. The second-order valence-electron chi connectivity index (χ2n) is 35.2. The molecule has 41 heteroatoms. The number of nitrogens with one attached hydrogen (secondary N) is 2. The minimum Gasteiger partial charge on any atom is -0.399 e. The molecule has 11 aromatic rings. The van der Waals surface area contributed by atoms with Crippen LogP contribution in [-0.2, 0) is 84.9 Å². The van der Waals surface area contributed by atoms with Gasteiger partial charge in [-0.25, -0.2) is 50.0 Å². The molecule has 2 N–H and O–H groups in total. The maximum atomic E-state index is 12.2. The van der Waals surface area contributed by atoms with E-state index >= 15 is 0 Å². The molecule has 4 aliphatic heterocycles. The number of pyridine rings is 4. The van der Waals surface area contributed by atoms with Crippen molar-refractivity contribution in [1.82, 2.24) is 81.3 Å². The van der Waals surface area contributed by atoms with E-state index in [1.807, 2.05) is 99.5 Å². The Morgan fingerprint density at radius 2 is 0.917 bits per heavy atom. The Morgan fingerprint density at radius 3 is 1.31 bits per heavy atom. The Kier molecular flexibility index (Phi) is 30.3. The van der Waals surface area contributed by atoms with E-state index in [0.717, 1.165) is 120 Å². The van der Waals surface area contributed by atoms with Crippen molar-refractivity contribution in [3.8, 4) is 33.4 Å². The predicted octanol–water partition coefficient (Wildman–Crippen LogP) is 15.6. The van der Waals surface area contributed by atoms with Crippen molar-refractivity contribution in [1.29, 1.82) is 0 Å². The first-order valence-electron chi connectivity index (χ1n) is 40.1. The molecule has 0 atom stereocenters. The molecule has 0 saturated carbocycles. The van der Waals surface area contributed by atoms with Gasteiger partial charge in [-0.1, -0.05) is 93.7 Å². The molecule has 0 unspecified atom stereocenters. The van der Waals surface area contributed by atoms with Crippen LogP contribution in [0.3, 0.4) is 0 Å². The molecule has 11 aromatic heterocycles. The summed E-state index contributed by atoms with van der Waals surface area (Å²) in [7, 11) is -13.2. The lowest BCUT2D eigenvalue weighted by Crippen LogP contribution is -2.65. The number of hydrogen-bond acceptors (Lipinski definition) is 18. The standard InChI is InChI=1S/C22H31Cl2N5O3SSi.C19H31BN2O3Si.C16H17Cl2N5O2S.C16H21ClN4OSi.C7H10N2O2S/c1-5-33(30,31)28-14-22(13-23,15-28)29-12-19(20(24)26-29)17-6-8-25-21-18(17)7-9-27(21)16-32-10-11-34(2,3)4;1-18(2)19(3,4)25-20(24-18)16-8-10-21-17-15(16)9-11-22(17)14-23-12-13-26(5,6)7;1-2-26(24,25)22-9-16(8-17,10-22)23-7-13(14(18)21-23)11-3-5-19-15-12(11)4-6-20-15;1-23(2,3)9-8-22-11-21-7-5-13-12(4-6-18-16(13)21)14-10-19-20-15(14)17;1-3-12(10,11)9-5-7(6-9)4-8-2/h6-9,12H,5,10-11,13-16H2,1-4H3;8-11H,12-14H2,1-7H3;3-7H,2,8-10H2,1H3,(H,19,20);4-7,10H,8-9,11H2,1-3H3,(H,19,20);4H,3,5-6H2,1H3. The van der Waals surface area contributed by atoms with Gasteiger partial charge in [0.05, 0.1) is 53.0 Å². The van der Waals surface area contributed by atoms with E-state index in [0.29, 0.717) is 61.8 Å². The van der Waals surface area contributed by atoms with E-state index in [9.17, 15) is 25.3 Å². The van der Waals surface area contributed by atoms with Gasteiger partial charge >= 0.3 is 7.12 Å². The van der Waals surface area contributed by atoms with Crippen LogP contribution in [0.2, 0.25) is 92.5 Å². The quantitative estimate of drug-likeness (QED) is 0.0190. The molecule has 0 bridgehead atoms. The summed E-state index contributed by atoms with van der Waals surface area (Å²) in [5.41, 5.74) is 8.63. The Balaban J connectivity index is 0.000000152.